The van der Waals surface area contributed by atoms with Gasteiger partial charge in [0.2, 0.25) is 0 Å². The molecule has 98 valence electrons. The maximum Gasteiger partial charge on any atom is 0.337 e. The highest BCUT2D eigenvalue weighted by atomic mass is 16.5. The standard InChI is InChI=1S/C14H19NO3/c1-10-5-6-12(14(16)17)13(8-10)15-7-3-4-11(9-15)18-2/h5-6,8,11H,3-4,7,9H2,1-2H3,(H,16,17). The molecule has 2 rings (SSSR count). The van der Waals surface area contributed by atoms with Gasteiger partial charge in [0.25, 0.3) is 0 Å². The fourth-order valence-electron chi connectivity index (χ4n) is 2.43. The summed E-state index contributed by atoms with van der Waals surface area (Å²) in [7, 11) is 1.71. The first-order valence-electron chi connectivity index (χ1n) is 6.23. The van der Waals surface area contributed by atoms with E-state index >= 15 is 0 Å². The summed E-state index contributed by atoms with van der Waals surface area (Å²) in [5.74, 6) is -0.871. The van der Waals surface area contributed by atoms with Crippen molar-refractivity contribution < 1.29 is 14.6 Å². The Hall–Kier alpha value is -1.55. The molecule has 1 atom stereocenters. The minimum absolute atomic E-state index is 0.195. The van der Waals surface area contributed by atoms with Crippen LogP contribution in [0.3, 0.4) is 0 Å². The summed E-state index contributed by atoms with van der Waals surface area (Å²) in [6.45, 7) is 3.64. The van der Waals surface area contributed by atoms with Gasteiger partial charge in [-0.2, -0.15) is 0 Å². The molecule has 1 aromatic carbocycles. The number of carbonyl (C=O) groups is 1. The Morgan fingerprint density at radius 1 is 1.50 bits per heavy atom. The van der Waals surface area contributed by atoms with Crippen molar-refractivity contribution in [3.63, 3.8) is 0 Å². The van der Waals surface area contributed by atoms with Crippen LogP contribution in [0.15, 0.2) is 18.2 Å². The molecule has 1 aliphatic rings. The van der Waals surface area contributed by atoms with Gasteiger partial charge in [0.05, 0.1) is 17.4 Å². The Balaban J connectivity index is 2.31. The number of piperidine rings is 1. The van der Waals surface area contributed by atoms with Gasteiger partial charge in [-0.3, -0.25) is 0 Å². The van der Waals surface area contributed by atoms with Crippen LogP contribution in [0.25, 0.3) is 0 Å². The summed E-state index contributed by atoms with van der Waals surface area (Å²) in [4.78, 5) is 13.4. The monoisotopic (exact) mass is 249 g/mol. The number of hydrogen-bond acceptors (Lipinski definition) is 3. The van der Waals surface area contributed by atoms with Crippen molar-refractivity contribution in [1.29, 1.82) is 0 Å². The van der Waals surface area contributed by atoms with Gasteiger partial charge in [-0.25, -0.2) is 4.79 Å². The van der Waals surface area contributed by atoms with Gasteiger partial charge in [0.1, 0.15) is 0 Å². The van der Waals surface area contributed by atoms with E-state index in [9.17, 15) is 9.90 Å². The van der Waals surface area contributed by atoms with Gasteiger partial charge < -0.3 is 14.7 Å². The van der Waals surface area contributed by atoms with E-state index < -0.39 is 5.97 Å². The van der Waals surface area contributed by atoms with Crippen LogP contribution in [0.4, 0.5) is 5.69 Å². The molecule has 1 heterocycles. The first-order valence-corrected chi connectivity index (χ1v) is 6.23. The van der Waals surface area contributed by atoms with Crippen LogP contribution >= 0.6 is 0 Å². The van der Waals surface area contributed by atoms with Gasteiger partial charge in [-0.05, 0) is 37.5 Å². The second kappa shape index (κ2) is 5.40. The largest absolute Gasteiger partial charge is 0.478 e. The van der Waals surface area contributed by atoms with E-state index in [0.717, 1.165) is 37.2 Å². The number of carboxylic acids is 1. The second-order valence-corrected chi connectivity index (χ2v) is 4.77. The van der Waals surface area contributed by atoms with E-state index in [4.69, 9.17) is 4.74 Å². The van der Waals surface area contributed by atoms with Crippen molar-refractivity contribution in [3.05, 3.63) is 29.3 Å². The van der Waals surface area contributed by atoms with Crippen LogP contribution in [0.5, 0.6) is 0 Å². The van der Waals surface area contributed by atoms with E-state index in [2.05, 4.69) is 4.90 Å². The lowest BCUT2D eigenvalue weighted by Crippen LogP contribution is -2.40. The highest BCUT2D eigenvalue weighted by molar-refractivity contribution is 5.94. The van der Waals surface area contributed by atoms with E-state index in [-0.39, 0.29) is 6.10 Å². The predicted molar refractivity (Wildman–Crippen MR) is 70.4 cm³/mol. The van der Waals surface area contributed by atoms with Crippen molar-refractivity contribution in [2.45, 2.75) is 25.9 Å². The average Bonchev–Trinajstić information content (AvgIpc) is 2.38. The molecule has 1 aromatic rings. The quantitative estimate of drug-likeness (QED) is 0.893. The molecule has 0 aliphatic carbocycles. The van der Waals surface area contributed by atoms with Crippen LogP contribution in [0.1, 0.15) is 28.8 Å². The minimum atomic E-state index is -0.871. The topological polar surface area (TPSA) is 49.8 Å². The predicted octanol–water partition coefficient (Wildman–Crippen LogP) is 2.31. The fourth-order valence-corrected chi connectivity index (χ4v) is 2.43. The minimum Gasteiger partial charge on any atom is -0.478 e. The molecular formula is C14H19NO3. The Labute approximate surface area is 107 Å². The molecule has 0 spiro atoms. The van der Waals surface area contributed by atoms with Crippen LogP contribution in [-0.4, -0.2) is 37.4 Å². The first kappa shape index (κ1) is 12.9. The number of aryl methyl sites for hydroxylation is 1. The number of hydrogen-bond donors (Lipinski definition) is 1. The third kappa shape index (κ3) is 2.64. The molecule has 1 N–H and O–H groups in total. The lowest BCUT2D eigenvalue weighted by atomic mass is 10.0. The molecule has 1 aliphatic heterocycles. The Bertz CT molecular complexity index is 445. The summed E-state index contributed by atoms with van der Waals surface area (Å²) < 4.78 is 5.38. The smallest absolute Gasteiger partial charge is 0.337 e. The molecule has 4 nitrogen and oxygen atoms in total. The van der Waals surface area contributed by atoms with Gasteiger partial charge in [0, 0.05) is 20.2 Å². The average molecular weight is 249 g/mol. The molecule has 1 unspecified atom stereocenters. The number of benzene rings is 1. The molecule has 4 heteroatoms. The van der Waals surface area contributed by atoms with Gasteiger partial charge in [0.15, 0.2) is 0 Å². The molecule has 1 saturated heterocycles. The van der Waals surface area contributed by atoms with Gasteiger partial charge in [-0.1, -0.05) is 6.07 Å². The molecule has 0 amide bonds. The zero-order valence-corrected chi connectivity index (χ0v) is 10.8. The maximum absolute atomic E-state index is 11.3. The summed E-state index contributed by atoms with van der Waals surface area (Å²) >= 11 is 0. The highest BCUT2D eigenvalue weighted by Gasteiger charge is 2.23. The lowest BCUT2D eigenvalue weighted by Gasteiger charge is -2.34. The van der Waals surface area contributed by atoms with Gasteiger partial charge in [-0.15, -0.1) is 0 Å². The molecule has 1 fully saturated rings. The van der Waals surface area contributed by atoms with Crippen LogP contribution in [0.2, 0.25) is 0 Å². The zero-order valence-electron chi connectivity index (χ0n) is 10.8. The first-order chi connectivity index (χ1) is 8.61. The molecule has 0 aromatic heterocycles. The highest BCUT2D eigenvalue weighted by Crippen LogP contribution is 2.26. The number of methoxy groups -OCH3 is 1. The fraction of sp³-hybridized carbons (Fsp3) is 0.500. The van der Waals surface area contributed by atoms with Crippen molar-refractivity contribution in [2.24, 2.45) is 0 Å². The summed E-state index contributed by atoms with van der Waals surface area (Å²) in [6, 6.07) is 5.47. The summed E-state index contributed by atoms with van der Waals surface area (Å²) in [6.07, 6.45) is 2.27. The van der Waals surface area contributed by atoms with Crippen molar-refractivity contribution >= 4 is 11.7 Å². The maximum atomic E-state index is 11.3. The van der Waals surface area contributed by atoms with Gasteiger partial charge >= 0.3 is 5.97 Å². The Morgan fingerprint density at radius 2 is 2.28 bits per heavy atom. The summed E-state index contributed by atoms with van der Waals surface area (Å²) in [5, 5.41) is 9.25. The third-order valence-electron chi connectivity index (χ3n) is 3.44. The number of rotatable bonds is 3. The van der Waals surface area contributed by atoms with Crippen molar-refractivity contribution in [2.75, 3.05) is 25.1 Å². The Kier molecular flexibility index (Phi) is 3.87. The molecule has 0 bridgehead atoms. The van der Waals surface area contributed by atoms with E-state index in [1.165, 1.54) is 0 Å². The lowest BCUT2D eigenvalue weighted by molar-refractivity contribution is 0.0695. The van der Waals surface area contributed by atoms with Crippen LogP contribution < -0.4 is 4.90 Å². The molecule has 18 heavy (non-hydrogen) atoms. The van der Waals surface area contributed by atoms with E-state index in [1.54, 1.807) is 13.2 Å². The SMILES string of the molecule is COC1CCCN(c2cc(C)ccc2C(=O)O)C1. The third-order valence-corrected chi connectivity index (χ3v) is 3.44. The number of ether oxygens (including phenoxy) is 1. The van der Waals surface area contributed by atoms with Crippen molar-refractivity contribution in [3.8, 4) is 0 Å². The zero-order chi connectivity index (χ0) is 13.1. The van der Waals surface area contributed by atoms with Crippen LogP contribution in [0, 0.1) is 6.92 Å². The second-order valence-electron chi connectivity index (χ2n) is 4.77. The molecule has 0 saturated carbocycles. The van der Waals surface area contributed by atoms with E-state index in [1.807, 2.05) is 19.1 Å². The van der Waals surface area contributed by atoms with Crippen molar-refractivity contribution in [1.82, 2.24) is 0 Å². The van der Waals surface area contributed by atoms with Crippen LogP contribution in [-0.2, 0) is 4.74 Å². The number of nitrogens with zero attached hydrogens (tertiary/aromatic N) is 1. The number of anilines is 1. The summed E-state index contributed by atoms with van der Waals surface area (Å²) in [5.41, 5.74) is 2.26. The molecular weight excluding hydrogens is 230 g/mol. The normalized spacial score (nSPS) is 19.9. The number of aromatic carboxylic acids is 1. The van der Waals surface area contributed by atoms with E-state index in [0.29, 0.717) is 5.56 Å². The number of carboxylic acid groups (broad SMARTS) is 1. The Morgan fingerprint density at radius 3 is 2.94 bits per heavy atom. The molecule has 0 radical (unpaired) electrons.